The minimum atomic E-state index is -0.986. The number of hydrogen-bond acceptors (Lipinski definition) is 2. The van der Waals surface area contributed by atoms with E-state index in [1.807, 2.05) is 30.3 Å². The van der Waals surface area contributed by atoms with Crippen LogP contribution < -0.4 is 0 Å². The van der Waals surface area contributed by atoms with E-state index < -0.39 is 5.97 Å². The summed E-state index contributed by atoms with van der Waals surface area (Å²) >= 11 is 3.12. The number of carbonyl (C=O) groups is 1. The molecule has 0 fully saturated rings. The van der Waals surface area contributed by atoms with Crippen molar-refractivity contribution in [1.82, 2.24) is 9.55 Å². The van der Waals surface area contributed by atoms with Gasteiger partial charge in [0.05, 0.1) is 6.33 Å². The fourth-order valence-corrected chi connectivity index (χ4v) is 1.96. The van der Waals surface area contributed by atoms with Gasteiger partial charge in [0.15, 0.2) is 5.69 Å². The Morgan fingerprint density at radius 1 is 1.38 bits per heavy atom. The molecule has 0 aliphatic heterocycles. The average molecular weight is 281 g/mol. The third-order valence-corrected chi connectivity index (χ3v) is 2.77. The van der Waals surface area contributed by atoms with Crippen LogP contribution in [0.3, 0.4) is 0 Å². The summed E-state index contributed by atoms with van der Waals surface area (Å²) in [6, 6.07) is 9.65. The molecular weight excluding hydrogens is 272 g/mol. The highest BCUT2D eigenvalue weighted by Gasteiger charge is 2.15. The van der Waals surface area contributed by atoms with Crippen molar-refractivity contribution >= 4 is 21.9 Å². The molecule has 0 atom stereocenters. The number of nitrogens with zero attached hydrogens (tertiary/aromatic N) is 2. The van der Waals surface area contributed by atoms with Gasteiger partial charge in [0, 0.05) is 6.54 Å². The third-order valence-electron chi connectivity index (χ3n) is 2.19. The normalized spacial score (nSPS) is 10.3. The van der Waals surface area contributed by atoms with Gasteiger partial charge in [-0.1, -0.05) is 30.3 Å². The molecule has 4 nitrogen and oxygen atoms in total. The standard InChI is InChI=1S/C11H9BrN2O2/c12-10-9(11(15)16)14(7-13-10)6-8-4-2-1-3-5-8/h1-5,7H,6H2,(H,15,16). The van der Waals surface area contributed by atoms with E-state index in [4.69, 9.17) is 5.11 Å². The molecule has 1 aromatic heterocycles. The molecule has 0 radical (unpaired) electrons. The molecule has 0 unspecified atom stereocenters. The minimum Gasteiger partial charge on any atom is -0.476 e. The number of rotatable bonds is 3. The lowest BCUT2D eigenvalue weighted by Gasteiger charge is -2.05. The molecule has 0 spiro atoms. The van der Waals surface area contributed by atoms with Crippen molar-refractivity contribution in [2.45, 2.75) is 6.54 Å². The van der Waals surface area contributed by atoms with Crippen LogP contribution in [0, 0.1) is 0 Å². The van der Waals surface area contributed by atoms with E-state index in [1.54, 1.807) is 4.57 Å². The molecule has 1 N–H and O–H groups in total. The van der Waals surface area contributed by atoms with Crippen LogP contribution in [0.4, 0.5) is 0 Å². The summed E-state index contributed by atoms with van der Waals surface area (Å²) in [7, 11) is 0. The number of aromatic nitrogens is 2. The maximum atomic E-state index is 11.0. The van der Waals surface area contributed by atoms with Gasteiger partial charge in [0.1, 0.15) is 4.60 Å². The maximum Gasteiger partial charge on any atom is 0.355 e. The Kier molecular flexibility index (Phi) is 3.05. The summed E-state index contributed by atoms with van der Waals surface area (Å²) in [5.41, 5.74) is 1.21. The van der Waals surface area contributed by atoms with E-state index in [9.17, 15) is 4.79 Å². The van der Waals surface area contributed by atoms with Crippen LogP contribution in [0.25, 0.3) is 0 Å². The second-order valence-electron chi connectivity index (χ2n) is 3.30. The Labute approximate surface area is 101 Å². The average Bonchev–Trinajstić information content (AvgIpc) is 2.61. The zero-order valence-corrected chi connectivity index (χ0v) is 9.89. The quantitative estimate of drug-likeness (QED) is 0.939. The molecule has 5 heteroatoms. The van der Waals surface area contributed by atoms with E-state index in [1.165, 1.54) is 6.33 Å². The van der Waals surface area contributed by atoms with Gasteiger partial charge >= 0.3 is 5.97 Å². The van der Waals surface area contributed by atoms with Gasteiger partial charge in [0.25, 0.3) is 0 Å². The second-order valence-corrected chi connectivity index (χ2v) is 4.05. The smallest absolute Gasteiger partial charge is 0.355 e. The Bertz CT molecular complexity index is 508. The van der Waals surface area contributed by atoms with E-state index in [0.717, 1.165) is 5.56 Å². The van der Waals surface area contributed by atoms with Crippen LogP contribution in [-0.4, -0.2) is 20.6 Å². The highest BCUT2D eigenvalue weighted by atomic mass is 79.9. The highest BCUT2D eigenvalue weighted by Crippen LogP contribution is 2.16. The van der Waals surface area contributed by atoms with Gasteiger partial charge in [-0.2, -0.15) is 0 Å². The Hall–Kier alpha value is -1.62. The van der Waals surface area contributed by atoms with Crippen molar-refractivity contribution in [1.29, 1.82) is 0 Å². The summed E-state index contributed by atoms with van der Waals surface area (Å²) < 4.78 is 1.96. The van der Waals surface area contributed by atoms with Crippen LogP contribution in [0.1, 0.15) is 16.1 Å². The number of imidazole rings is 1. The van der Waals surface area contributed by atoms with Crippen molar-refractivity contribution in [3.05, 3.63) is 52.5 Å². The van der Waals surface area contributed by atoms with Crippen LogP contribution in [-0.2, 0) is 6.54 Å². The first kappa shape index (κ1) is 10.9. The number of benzene rings is 1. The van der Waals surface area contributed by atoms with Crippen molar-refractivity contribution in [3.8, 4) is 0 Å². The van der Waals surface area contributed by atoms with Gasteiger partial charge in [-0.3, -0.25) is 0 Å². The van der Waals surface area contributed by atoms with Crippen molar-refractivity contribution < 1.29 is 9.90 Å². The number of halogens is 1. The molecule has 0 aliphatic rings. The van der Waals surface area contributed by atoms with E-state index >= 15 is 0 Å². The first-order valence-electron chi connectivity index (χ1n) is 4.66. The van der Waals surface area contributed by atoms with Crippen molar-refractivity contribution in [2.75, 3.05) is 0 Å². The van der Waals surface area contributed by atoms with Crippen molar-refractivity contribution in [3.63, 3.8) is 0 Å². The monoisotopic (exact) mass is 280 g/mol. The molecule has 82 valence electrons. The summed E-state index contributed by atoms with van der Waals surface area (Å²) in [4.78, 5) is 14.9. The van der Waals surface area contributed by atoms with Gasteiger partial charge in [-0.05, 0) is 21.5 Å². The number of carboxylic acid groups (broad SMARTS) is 1. The molecule has 0 saturated heterocycles. The molecule has 0 saturated carbocycles. The minimum absolute atomic E-state index is 0.170. The zero-order chi connectivity index (χ0) is 11.5. The predicted molar refractivity (Wildman–Crippen MR) is 62.4 cm³/mol. The second kappa shape index (κ2) is 4.49. The molecule has 0 amide bonds. The summed E-state index contributed by atoms with van der Waals surface area (Å²) in [5.74, 6) is -0.986. The van der Waals surface area contributed by atoms with Crippen LogP contribution >= 0.6 is 15.9 Å². The first-order valence-corrected chi connectivity index (χ1v) is 5.45. The SMILES string of the molecule is O=C(O)c1c(Br)ncn1Cc1ccccc1. The molecular formula is C11H9BrN2O2. The third kappa shape index (κ3) is 2.14. The summed E-state index contributed by atoms with van der Waals surface area (Å²) in [6.45, 7) is 0.501. The molecule has 2 rings (SSSR count). The number of carboxylic acids is 1. The van der Waals surface area contributed by atoms with Gasteiger partial charge in [0.2, 0.25) is 0 Å². The lowest BCUT2D eigenvalue weighted by Crippen LogP contribution is -2.09. The van der Waals surface area contributed by atoms with E-state index in [-0.39, 0.29) is 5.69 Å². The van der Waals surface area contributed by atoms with Crippen LogP contribution in [0.15, 0.2) is 41.3 Å². The van der Waals surface area contributed by atoms with Gasteiger partial charge in [-0.15, -0.1) is 0 Å². The lowest BCUT2D eigenvalue weighted by atomic mass is 10.2. The molecule has 1 heterocycles. The number of hydrogen-bond donors (Lipinski definition) is 1. The Morgan fingerprint density at radius 3 is 2.69 bits per heavy atom. The molecule has 16 heavy (non-hydrogen) atoms. The van der Waals surface area contributed by atoms with Crippen LogP contribution in [0.2, 0.25) is 0 Å². The largest absolute Gasteiger partial charge is 0.476 e. The van der Waals surface area contributed by atoms with Crippen molar-refractivity contribution in [2.24, 2.45) is 0 Å². The zero-order valence-electron chi connectivity index (χ0n) is 8.30. The van der Waals surface area contributed by atoms with E-state index in [0.29, 0.717) is 11.1 Å². The van der Waals surface area contributed by atoms with Gasteiger partial charge < -0.3 is 9.67 Å². The molecule has 1 aromatic carbocycles. The Morgan fingerprint density at radius 2 is 2.06 bits per heavy atom. The topological polar surface area (TPSA) is 55.1 Å². The number of aromatic carboxylic acids is 1. The fourth-order valence-electron chi connectivity index (χ4n) is 1.47. The van der Waals surface area contributed by atoms with Crippen LogP contribution in [0.5, 0.6) is 0 Å². The van der Waals surface area contributed by atoms with E-state index in [2.05, 4.69) is 20.9 Å². The first-order chi connectivity index (χ1) is 7.68. The lowest BCUT2D eigenvalue weighted by molar-refractivity contribution is 0.0684. The maximum absolute atomic E-state index is 11.0. The molecule has 2 aromatic rings. The molecule has 0 aliphatic carbocycles. The summed E-state index contributed by atoms with van der Waals surface area (Å²) in [6.07, 6.45) is 1.51. The predicted octanol–water partition coefficient (Wildman–Crippen LogP) is 2.39. The summed E-state index contributed by atoms with van der Waals surface area (Å²) in [5, 5.41) is 9.02. The van der Waals surface area contributed by atoms with Gasteiger partial charge in [-0.25, -0.2) is 9.78 Å². The molecule has 0 bridgehead atoms. The fraction of sp³-hybridized carbons (Fsp3) is 0.0909. The highest BCUT2D eigenvalue weighted by molar-refractivity contribution is 9.10. The Balaban J connectivity index is 2.32.